The second kappa shape index (κ2) is 3.39. The molecule has 2 heteroatoms. The molecule has 2 nitrogen and oxygen atoms in total. The number of hydrogen-bond donors (Lipinski definition) is 0. The summed E-state index contributed by atoms with van der Waals surface area (Å²) in [6.45, 7) is 4.19. The summed E-state index contributed by atoms with van der Waals surface area (Å²) < 4.78 is 0. The van der Waals surface area contributed by atoms with Gasteiger partial charge in [-0.05, 0) is 23.6 Å². The van der Waals surface area contributed by atoms with Gasteiger partial charge in [-0.25, -0.2) is 0 Å². The van der Waals surface area contributed by atoms with Crippen LogP contribution in [0.4, 0.5) is 0 Å². The zero-order valence-electron chi connectivity index (χ0n) is 7.29. The Morgan fingerprint density at radius 3 is 2.08 bits per heavy atom. The van der Waals surface area contributed by atoms with Gasteiger partial charge in [0.2, 0.25) is 0 Å². The Bertz CT molecular complexity index is 274. The quantitative estimate of drug-likeness (QED) is 0.657. The van der Waals surface area contributed by atoms with Crippen LogP contribution in [0.5, 0.6) is 0 Å². The average molecular weight is 162 g/mol. The monoisotopic (exact) mass is 162 g/mol. The van der Waals surface area contributed by atoms with Crippen molar-refractivity contribution >= 4 is 5.91 Å². The zero-order chi connectivity index (χ0) is 9.14. The van der Waals surface area contributed by atoms with Gasteiger partial charge in [-0.15, -0.1) is 0 Å². The fourth-order valence-electron chi connectivity index (χ4n) is 1.02. The van der Waals surface area contributed by atoms with Gasteiger partial charge in [0.15, 0.2) is 0 Å². The van der Waals surface area contributed by atoms with Crippen molar-refractivity contribution in [3.8, 4) is 0 Å². The van der Waals surface area contributed by atoms with Crippen LogP contribution in [0.2, 0.25) is 0 Å². The van der Waals surface area contributed by atoms with Crippen LogP contribution in [0.3, 0.4) is 0 Å². The molecular formula is C10H12NO. The predicted molar refractivity (Wildman–Crippen MR) is 48.0 cm³/mol. The van der Waals surface area contributed by atoms with Gasteiger partial charge in [-0.3, -0.25) is 10.5 Å². The fraction of sp³-hybridized carbons (Fsp3) is 0.300. The molecule has 0 atom stereocenters. The van der Waals surface area contributed by atoms with Gasteiger partial charge in [0, 0.05) is 5.56 Å². The maximum Gasteiger partial charge on any atom is 0.269 e. The normalized spacial score (nSPS) is 10.2. The van der Waals surface area contributed by atoms with Crippen molar-refractivity contribution in [2.24, 2.45) is 0 Å². The summed E-state index contributed by atoms with van der Waals surface area (Å²) in [5, 5.41) is 0. The average Bonchev–Trinajstić information content (AvgIpc) is 2.04. The molecule has 0 fully saturated rings. The number of nitrogens with one attached hydrogen (secondary N) is 1. The zero-order valence-corrected chi connectivity index (χ0v) is 7.29. The first-order valence-electron chi connectivity index (χ1n) is 3.97. The topological polar surface area (TPSA) is 40.9 Å². The Morgan fingerprint density at radius 1 is 1.25 bits per heavy atom. The number of carbonyl (C=O) groups is 1. The van der Waals surface area contributed by atoms with E-state index in [9.17, 15) is 4.79 Å². The van der Waals surface area contributed by atoms with Gasteiger partial charge < -0.3 is 0 Å². The maximum absolute atomic E-state index is 10.6. The Morgan fingerprint density at radius 2 is 1.75 bits per heavy atom. The number of amides is 1. The molecule has 0 unspecified atom stereocenters. The summed E-state index contributed by atoms with van der Waals surface area (Å²) in [7, 11) is 0. The first-order valence-corrected chi connectivity index (χ1v) is 3.97. The molecule has 0 aliphatic carbocycles. The van der Waals surface area contributed by atoms with Crippen LogP contribution in [-0.4, -0.2) is 5.91 Å². The van der Waals surface area contributed by atoms with Crippen molar-refractivity contribution in [2.75, 3.05) is 0 Å². The Labute approximate surface area is 72.4 Å². The van der Waals surface area contributed by atoms with Crippen molar-refractivity contribution in [1.82, 2.24) is 5.73 Å². The minimum atomic E-state index is -0.620. The minimum absolute atomic E-state index is 0.458. The number of benzene rings is 1. The van der Waals surface area contributed by atoms with Crippen molar-refractivity contribution in [1.29, 1.82) is 0 Å². The van der Waals surface area contributed by atoms with Gasteiger partial charge in [-0.1, -0.05) is 26.0 Å². The highest BCUT2D eigenvalue weighted by Crippen LogP contribution is 2.14. The van der Waals surface area contributed by atoms with Crippen molar-refractivity contribution in [2.45, 2.75) is 19.8 Å². The summed E-state index contributed by atoms with van der Waals surface area (Å²) in [6, 6.07) is 7.19. The lowest BCUT2D eigenvalue weighted by atomic mass is 10.0. The molecular weight excluding hydrogens is 150 g/mol. The van der Waals surface area contributed by atoms with Gasteiger partial charge in [0.05, 0.1) is 0 Å². The van der Waals surface area contributed by atoms with Crippen LogP contribution >= 0.6 is 0 Å². The van der Waals surface area contributed by atoms with E-state index in [0.717, 1.165) is 0 Å². The van der Waals surface area contributed by atoms with Crippen LogP contribution < -0.4 is 5.73 Å². The van der Waals surface area contributed by atoms with Crippen LogP contribution in [0, 0.1) is 0 Å². The van der Waals surface area contributed by atoms with Crippen LogP contribution in [0.15, 0.2) is 24.3 Å². The van der Waals surface area contributed by atoms with E-state index in [2.05, 4.69) is 13.8 Å². The highest BCUT2D eigenvalue weighted by Gasteiger charge is 2.01. The molecule has 0 aromatic heterocycles. The molecule has 0 bridgehead atoms. The molecule has 0 heterocycles. The van der Waals surface area contributed by atoms with E-state index in [-0.39, 0.29) is 0 Å². The lowest BCUT2D eigenvalue weighted by Crippen LogP contribution is -1.98. The van der Waals surface area contributed by atoms with E-state index in [0.29, 0.717) is 11.5 Å². The summed E-state index contributed by atoms with van der Waals surface area (Å²) in [5.74, 6) is -0.148. The second-order valence-electron chi connectivity index (χ2n) is 3.11. The summed E-state index contributed by atoms with van der Waals surface area (Å²) in [6.07, 6.45) is 0. The third kappa shape index (κ3) is 1.84. The van der Waals surface area contributed by atoms with E-state index in [4.69, 9.17) is 5.73 Å². The van der Waals surface area contributed by atoms with Crippen LogP contribution in [0.1, 0.15) is 35.7 Å². The van der Waals surface area contributed by atoms with Crippen molar-refractivity contribution in [3.05, 3.63) is 35.4 Å². The second-order valence-corrected chi connectivity index (χ2v) is 3.11. The van der Waals surface area contributed by atoms with E-state index in [1.807, 2.05) is 12.1 Å². The maximum atomic E-state index is 10.6. The number of rotatable bonds is 2. The molecule has 1 N–H and O–H groups in total. The molecule has 63 valence electrons. The third-order valence-electron chi connectivity index (χ3n) is 1.84. The van der Waals surface area contributed by atoms with Crippen molar-refractivity contribution in [3.63, 3.8) is 0 Å². The minimum Gasteiger partial charge on any atom is -0.267 e. The standard InChI is InChI=1S/C10H12NO/c1-7(2)8-3-5-9(6-4-8)10(11)12/h3-7,11H,1-2H3. The smallest absolute Gasteiger partial charge is 0.267 e. The highest BCUT2D eigenvalue weighted by atomic mass is 16.1. The SMILES string of the molecule is CC(C)c1ccc(C([NH])=O)cc1. The predicted octanol–water partition coefficient (Wildman–Crippen LogP) is 2.23. The molecule has 1 amide bonds. The molecule has 0 aliphatic heterocycles. The molecule has 1 aromatic rings. The first-order chi connectivity index (χ1) is 5.61. The van der Waals surface area contributed by atoms with Gasteiger partial charge in [-0.2, -0.15) is 0 Å². The molecule has 0 saturated carbocycles. The molecule has 0 aliphatic rings. The van der Waals surface area contributed by atoms with Crippen LogP contribution in [0.25, 0.3) is 0 Å². The molecule has 0 spiro atoms. The van der Waals surface area contributed by atoms with E-state index < -0.39 is 5.91 Å². The van der Waals surface area contributed by atoms with E-state index >= 15 is 0 Å². The Balaban J connectivity index is 2.93. The van der Waals surface area contributed by atoms with Crippen molar-refractivity contribution < 1.29 is 4.79 Å². The summed E-state index contributed by atoms with van der Waals surface area (Å²) in [4.78, 5) is 10.6. The molecule has 12 heavy (non-hydrogen) atoms. The Hall–Kier alpha value is -1.31. The third-order valence-corrected chi connectivity index (χ3v) is 1.84. The lowest BCUT2D eigenvalue weighted by molar-refractivity contribution is 0.0992. The van der Waals surface area contributed by atoms with Gasteiger partial charge in [0.25, 0.3) is 5.91 Å². The summed E-state index contributed by atoms with van der Waals surface area (Å²) >= 11 is 0. The van der Waals surface area contributed by atoms with E-state index in [1.54, 1.807) is 12.1 Å². The molecule has 0 saturated heterocycles. The van der Waals surface area contributed by atoms with Crippen LogP contribution in [-0.2, 0) is 0 Å². The number of carbonyl (C=O) groups excluding carboxylic acids is 1. The highest BCUT2D eigenvalue weighted by molar-refractivity contribution is 5.92. The van der Waals surface area contributed by atoms with Gasteiger partial charge >= 0.3 is 0 Å². The van der Waals surface area contributed by atoms with Gasteiger partial charge in [0.1, 0.15) is 0 Å². The molecule has 1 rings (SSSR count). The largest absolute Gasteiger partial charge is 0.269 e. The molecule has 1 radical (unpaired) electrons. The number of hydrogen-bond acceptors (Lipinski definition) is 1. The Kier molecular flexibility index (Phi) is 2.48. The van der Waals surface area contributed by atoms with E-state index in [1.165, 1.54) is 5.56 Å². The first kappa shape index (κ1) is 8.78. The fourth-order valence-corrected chi connectivity index (χ4v) is 1.02. The lowest BCUT2D eigenvalue weighted by Gasteiger charge is -2.04. The summed E-state index contributed by atoms with van der Waals surface area (Å²) in [5.41, 5.74) is 8.51. The molecule has 1 aromatic carbocycles.